The third-order valence-corrected chi connectivity index (χ3v) is 2.37. The molecule has 0 saturated carbocycles. The van der Waals surface area contributed by atoms with Crippen molar-refractivity contribution in [2.45, 2.75) is 6.92 Å². The van der Waals surface area contributed by atoms with E-state index < -0.39 is 4.92 Å². The van der Waals surface area contributed by atoms with Crippen LogP contribution in [0.3, 0.4) is 0 Å². The molecule has 0 aliphatic heterocycles. The zero-order chi connectivity index (χ0) is 13.9. The van der Waals surface area contributed by atoms with E-state index in [-0.39, 0.29) is 23.3 Å². The molecular formula is C9H11BrN6O2. The first-order valence-electron chi connectivity index (χ1n) is 4.69. The fraction of sp³-hybridized carbons (Fsp3) is 0.111. The molecule has 9 heteroatoms. The molecule has 1 aromatic rings. The van der Waals surface area contributed by atoms with Gasteiger partial charge in [0.2, 0.25) is 5.96 Å². The maximum absolute atomic E-state index is 10.9. The first-order valence-corrected chi connectivity index (χ1v) is 5.49. The van der Waals surface area contributed by atoms with E-state index in [2.05, 4.69) is 25.9 Å². The number of hydrogen-bond donors (Lipinski definition) is 3. The molecule has 1 aromatic carbocycles. The summed E-state index contributed by atoms with van der Waals surface area (Å²) >= 11 is 3.17. The lowest BCUT2D eigenvalue weighted by Crippen LogP contribution is -2.26. The van der Waals surface area contributed by atoms with E-state index in [1.54, 1.807) is 13.0 Å². The number of nitrogens with zero attached hydrogens (tertiary/aromatic N) is 3. The molecular weight excluding hydrogens is 304 g/mol. The molecule has 18 heavy (non-hydrogen) atoms. The SMILES string of the molecule is Cc1cc(Br)cc([N+](=O)[O-])c1N=C(N)N=C(N)N. The standard InChI is InChI=1S/C9H11BrN6O2/c1-4-2-5(10)3-6(16(17)18)7(4)14-9(13)15-8(11)12/h2-3H,1H3,(H6,11,12,13,14,15). The van der Waals surface area contributed by atoms with Crippen molar-refractivity contribution >= 4 is 39.2 Å². The number of hydrogen-bond acceptors (Lipinski definition) is 3. The van der Waals surface area contributed by atoms with Gasteiger partial charge in [-0.2, -0.15) is 4.99 Å². The molecule has 8 nitrogen and oxygen atoms in total. The van der Waals surface area contributed by atoms with E-state index in [0.717, 1.165) is 0 Å². The molecule has 0 aliphatic rings. The van der Waals surface area contributed by atoms with Crippen LogP contribution in [0.25, 0.3) is 0 Å². The summed E-state index contributed by atoms with van der Waals surface area (Å²) in [5, 5.41) is 10.9. The Balaban J connectivity index is 3.40. The number of rotatable bonds is 2. The van der Waals surface area contributed by atoms with E-state index in [1.807, 2.05) is 0 Å². The third kappa shape index (κ3) is 3.42. The smallest absolute Gasteiger partial charge is 0.296 e. The number of guanidine groups is 2. The second-order valence-electron chi connectivity index (χ2n) is 3.35. The highest BCUT2D eigenvalue weighted by molar-refractivity contribution is 9.10. The summed E-state index contributed by atoms with van der Waals surface area (Å²) in [6.45, 7) is 1.67. The van der Waals surface area contributed by atoms with Crippen molar-refractivity contribution in [1.82, 2.24) is 0 Å². The minimum absolute atomic E-state index is 0.116. The highest BCUT2D eigenvalue weighted by Crippen LogP contribution is 2.34. The molecule has 0 heterocycles. The van der Waals surface area contributed by atoms with Crippen molar-refractivity contribution in [3.63, 3.8) is 0 Å². The lowest BCUT2D eigenvalue weighted by Gasteiger charge is -2.03. The third-order valence-electron chi connectivity index (χ3n) is 1.91. The van der Waals surface area contributed by atoms with Crippen LogP contribution < -0.4 is 17.2 Å². The first kappa shape index (κ1) is 13.9. The van der Waals surface area contributed by atoms with Gasteiger partial charge >= 0.3 is 0 Å². The van der Waals surface area contributed by atoms with E-state index in [4.69, 9.17) is 17.2 Å². The minimum Gasteiger partial charge on any atom is -0.370 e. The summed E-state index contributed by atoms with van der Waals surface area (Å²) < 4.78 is 0.575. The monoisotopic (exact) mass is 314 g/mol. The summed E-state index contributed by atoms with van der Waals surface area (Å²) in [4.78, 5) is 17.7. The van der Waals surface area contributed by atoms with Gasteiger partial charge in [-0.1, -0.05) is 15.9 Å². The van der Waals surface area contributed by atoms with Gasteiger partial charge in [-0.05, 0) is 18.6 Å². The fourth-order valence-electron chi connectivity index (χ4n) is 1.27. The van der Waals surface area contributed by atoms with E-state index in [9.17, 15) is 10.1 Å². The van der Waals surface area contributed by atoms with Gasteiger partial charge in [0.15, 0.2) is 5.96 Å². The molecule has 0 aromatic heterocycles. The zero-order valence-electron chi connectivity index (χ0n) is 9.42. The van der Waals surface area contributed by atoms with Crippen LogP contribution in [0.4, 0.5) is 11.4 Å². The second-order valence-corrected chi connectivity index (χ2v) is 4.27. The Labute approximate surface area is 111 Å². The van der Waals surface area contributed by atoms with Crippen molar-refractivity contribution in [2.24, 2.45) is 27.2 Å². The molecule has 0 fully saturated rings. The van der Waals surface area contributed by atoms with Crippen LogP contribution in [-0.4, -0.2) is 16.8 Å². The van der Waals surface area contributed by atoms with Gasteiger partial charge in [0.05, 0.1) is 4.92 Å². The van der Waals surface area contributed by atoms with Crippen molar-refractivity contribution in [1.29, 1.82) is 0 Å². The first-order chi connectivity index (χ1) is 8.31. The van der Waals surface area contributed by atoms with Crippen LogP contribution >= 0.6 is 15.9 Å². The van der Waals surface area contributed by atoms with Crippen molar-refractivity contribution in [3.8, 4) is 0 Å². The highest BCUT2D eigenvalue weighted by atomic mass is 79.9. The Kier molecular flexibility index (Phi) is 4.21. The molecule has 0 spiro atoms. The molecule has 0 bridgehead atoms. The Morgan fingerprint density at radius 1 is 1.39 bits per heavy atom. The van der Waals surface area contributed by atoms with Crippen molar-refractivity contribution in [2.75, 3.05) is 0 Å². The van der Waals surface area contributed by atoms with E-state index in [1.165, 1.54) is 6.07 Å². The average molecular weight is 315 g/mol. The molecule has 0 unspecified atom stereocenters. The Morgan fingerprint density at radius 2 is 2.00 bits per heavy atom. The average Bonchev–Trinajstić information content (AvgIpc) is 2.20. The highest BCUT2D eigenvalue weighted by Gasteiger charge is 2.17. The molecule has 1 rings (SSSR count). The predicted molar refractivity (Wildman–Crippen MR) is 72.6 cm³/mol. The van der Waals surface area contributed by atoms with Crippen LogP contribution in [0.1, 0.15) is 5.56 Å². The van der Waals surface area contributed by atoms with Crippen LogP contribution in [0.5, 0.6) is 0 Å². The van der Waals surface area contributed by atoms with Gasteiger partial charge in [0, 0.05) is 10.5 Å². The quantitative estimate of drug-likeness (QED) is 0.321. The van der Waals surface area contributed by atoms with E-state index in [0.29, 0.717) is 10.0 Å². The van der Waals surface area contributed by atoms with Gasteiger partial charge in [0.25, 0.3) is 5.69 Å². The Morgan fingerprint density at radius 3 is 2.50 bits per heavy atom. The minimum atomic E-state index is -0.556. The van der Waals surface area contributed by atoms with Gasteiger partial charge in [0.1, 0.15) is 5.69 Å². The molecule has 6 N–H and O–H groups in total. The van der Waals surface area contributed by atoms with Crippen LogP contribution in [0, 0.1) is 17.0 Å². The maximum Gasteiger partial charge on any atom is 0.296 e. The summed E-state index contributed by atoms with van der Waals surface area (Å²) in [6, 6.07) is 3.00. The summed E-state index contributed by atoms with van der Waals surface area (Å²) in [5.74, 6) is -0.516. The molecule has 0 radical (unpaired) electrons. The Bertz CT molecular complexity index is 550. The van der Waals surface area contributed by atoms with Crippen molar-refractivity contribution < 1.29 is 4.92 Å². The van der Waals surface area contributed by atoms with Gasteiger partial charge < -0.3 is 17.2 Å². The van der Waals surface area contributed by atoms with Gasteiger partial charge in [-0.25, -0.2) is 4.99 Å². The summed E-state index contributed by atoms with van der Waals surface area (Å²) in [5.41, 5.74) is 16.2. The summed E-state index contributed by atoms with van der Waals surface area (Å²) in [6.07, 6.45) is 0. The van der Waals surface area contributed by atoms with Crippen molar-refractivity contribution in [3.05, 3.63) is 32.3 Å². The molecule has 96 valence electrons. The fourth-order valence-corrected chi connectivity index (χ4v) is 1.83. The zero-order valence-corrected chi connectivity index (χ0v) is 11.0. The lowest BCUT2D eigenvalue weighted by atomic mass is 10.2. The molecule has 0 saturated heterocycles. The number of nitrogens with two attached hydrogens (primary N) is 3. The Hall–Kier alpha value is -2.16. The summed E-state index contributed by atoms with van der Waals surface area (Å²) in [7, 11) is 0. The molecule has 0 atom stereocenters. The van der Waals surface area contributed by atoms with Crippen LogP contribution in [-0.2, 0) is 0 Å². The predicted octanol–water partition coefficient (Wildman–Crippen LogP) is 0.885. The van der Waals surface area contributed by atoms with Crippen LogP contribution in [0.2, 0.25) is 0 Å². The normalized spacial score (nSPS) is 11.1. The number of benzene rings is 1. The number of aliphatic imine (C=N–C) groups is 2. The number of nitro benzene ring substituents is 1. The maximum atomic E-state index is 10.9. The second kappa shape index (κ2) is 5.45. The number of nitro groups is 1. The molecule has 0 amide bonds. The van der Waals surface area contributed by atoms with Crippen LogP contribution in [0.15, 0.2) is 26.6 Å². The largest absolute Gasteiger partial charge is 0.370 e. The topological polar surface area (TPSA) is 146 Å². The van der Waals surface area contributed by atoms with E-state index >= 15 is 0 Å². The lowest BCUT2D eigenvalue weighted by molar-refractivity contribution is -0.384. The van der Waals surface area contributed by atoms with Gasteiger partial charge in [-0.15, -0.1) is 0 Å². The molecule has 0 aliphatic carbocycles. The number of aryl methyl sites for hydroxylation is 1. The van der Waals surface area contributed by atoms with Gasteiger partial charge in [-0.3, -0.25) is 10.1 Å². The number of halogens is 1.